The van der Waals surface area contributed by atoms with E-state index in [9.17, 15) is 9.50 Å². The van der Waals surface area contributed by atoms with Gasteiger partial charge in [-0.25, -0.2) is 4.39 Å². The summed E-state index contributed by atoms with van der Waals surface area (Å²) in [6, 6.07) is 5.61. The van der Waals surface area contributed by atoms with Crippen LogP contribution in [-0.4, -0.2) is 17.7 Å². The highest BCUT2D eigenvalue weighted by molar-refractivity contribution is 5.56. The van der Waals surface area contributed by atoms with Crippen LogP contribution < -0.4 is 4.90 Å². The minimum Gasteiger partial charge on any atom is -0.389 e. The van der Waals surface area contributed by atoms with E-state index in [0.29, 0.717) is 11.6 Å². The molecule has 1 aliphatic rings. The molecular formula is C16H24FNO. The van der Waals surface area contributed by atoms with Crippen molar-refractivity contribution in [3.63, 3.8) is 0 Å². The topological polar surface area (TPSA) is 23.5 Å². The minimum absolute atomic E-state index is 0.298. The zero-order valence-corrected chi connectivity index (χ0v) is 11.9. The van der Waals surface area contributed by atoms with E-state index in [1.54, 1.807) is 13.0 Å². The maximum absolute atomic E-state index is 14.0. The van der Waals surface area contributed by atoms with Gasteiger partial charge in [-0.3, -0.25) is 0 Å². The van der Waals surface area contributed by atoms with Gasteiger partial charge in [-0.15, -0.1) is 0 Å². The molecule has 2 rings (SSSR count). The van der Waals surface area contributed by atoms with Crippen LogP contribution in [0.1, 0.15) is 57.6 Å². The number of halogens is 1. The Kier molecular flexibility index (Phi) is 4.81. The Balaban J connectivity index is 2.35. The fraction of sp³-hybridized carbons (Fsp3) is 0.625. The Bertz CT molecular complexity index is 417. The van der Waals surface area contributed by atoms with Gasteiger partial charge in [0.05, 0.1) is 6.10 Å². The van der Waals surface area contributed by atoms with Gasteiger partial charge in [-0.05, 0) is 44.7 Å². The van der Waals surface area contributed by atoms with Gasteiger partial charge in [-0.2, -0.15) is 0 Å². The van der Waals surface area contributed by atoms with Gasteiger partial charge in [0.15, 0.2) is 0 Å². The molecule has 1 heterocycles. The van der Waals surface area contributed by atoms with Gasteiger partial charge in [0.1, 0.15) is 5.82 Å². The fourth-order valence-corrected chi connectivity index (χ4v) is 3.14. The number of piperidine rings is 1. The van der Waals surface area contributed by atoms with Crippen LogP contribution in [-0.2, 0) is 0 Å². The largest absolute Gasteiger partial charge is 0.389 e. The Hall–Kier alpha value is -1.09. The fourth-order valence-electron chi connectivity index (χ4n) is 3.14. The maximum Gasteiger partial charge on any atom is 0.131 e. The highest BCUT2D eigenvalue weighted by Gasteiger charge is 2.26. The molecule has 2 nitrogen and oxygen atoms in total. The van der Waals surface area contributed by atoms with Crippen LogP contribution in [0.4, 0.5) is 10.1 Å². The zero-order chi connectivity index (χ0) is 13.8. The Labute approximate surface area is 115 Å². The molecule has 2 unspecified atom stereocenters. The van der Waals surface area contributed by atoms with Crippen molar-refractivity contribution in [2.45, 2.75) is 58.1 Å². The maximum atomic E-state index is 14.0. The van der Waals surface area contributed by atoms with Crippen molar-refractivity contribution in [1.82, 2.24) is 0 Å². The van der Waals surface area contributed by atoms with Crippen molar-refractivity contribution >= 4 is 5.69 Å². The normalized spacial score (nSPS) is 21.5. The van der Waals surface area contributed by atoms with Crippen molar-refractivity contribution in [2.75, 3.05) is 11.4 Å². The van der Waals surface area contributed by atoms with Crippen molar-refractivity contribution < 1.29 is 9.50 Å². The molecule has 19 heavy (non-hydrogen) atoms. The molecule has 2 atom stereocenters. The minimum atomic E-state index is -0.764. The first kappa shape index (κ1) is 14.3. The molecule has 106 valence electrons. The average molecular weight is 265 g/mol. The lowest BCUT2D eigenvalue weighted by Gasteiger charge is -2.39. The second-order valence-corrected chi connectivity index (χ2v) is 5.48. The summed E-state index contributed by atoms with van der Waals surface area (Å²) in [4.78, 5) is 2.30. The molecule has 1 N–H and O–H groups in total. The van der Waals surface area contributed by atoms with E-state index in [0.717, 1.165) is 31.5 Å². The highest BCUT2D eigenvalue weighted by atomic mass is 19.1. The molecule has 1 aliphatic heterocycles. The Morgan fingerprint density at radius 2 is 2.21 bits per heavy atom. The van der Waals surface area contributed by atoms with E-state index in [4.69, 9.17) is 0 Å². The van der Waals surface area contributed by atoms with Gasteiger partial charge in [0.25, 0.3) is 0 Å². The first-order valence-corrected chi connectivity index (χ1v) is 7.38. The monoisotopic (exact) mass is 265 g/mol. The standard InChI is InChI=1S/C16H24FNO/c1-3-7-13-8-4-5-11-18(13)15-10-6-9-14(17)16(15)12(2)19/h6,9-10,12-13,19H,3-5,7-8,11H2,1-2H3. The third-order valence-electron chi connectivity index (χ3n) is 4.01. The molecule has 3 heteroatoms. The molecule has 1 aromatic carbocycles. The van der Waals surface area contributed by atoms with Crippen LogP contribution in [0, 0.1) is 5.82 Å². The van der Waals surface area contributed by atoms with E-state index in [1.165, 1.54) is 18.9 Å². The molecule has 0 radical (unpaired) electrons. The van der Waals surface area contributed by atoms with Crippen LogP contribution in [0.15, 0.2) is 18.2 Å². The van der Waals surface area contributed by atoms with Crippen LogP contribution in [0.3, 0.4) is 0 Å². The van der Waals surface area contributed by atoms with E-state index < -0.39 is 6.10 Å². The van der Waals surface area contributed by atoms with Crippen LogP contribution >= 0.6 is 0 Å². The van der Waals surface area contributed by atoms with Gasteiger partial charge < -0.3 is 10.0 Å². The molecular weight excluding hydrogens is 241 g/mol. The first-order chi connectivity index (χ1) is 9.15. The third kappa shape index (κ3) is 3.08. The summed E-state index contributed by atoms with van der Waals surface area (Å²) in [5, 5.41) is 9.87. The molecule has 1 saturated heterocycles. The molecule has 0 saturated carbocycles. The summed E-state index contributed by atoms with van der Waals surface area (Å²) in [6.07, 6.45) is 5.08. The lowest BCUT2D eigenvalue weighted by atomic mass is 9.95. The molecule has 0 aliphatic carbocycles. The van der Waals surface area contributed by atoms with Crippen LogP contribution in [0.2, 0.25) is 0 Å². The van der Waals surface area contributed by atoms with Gasteiger partial charge in [0, 0.05) is 23.8 Å². The summed E-state index contributed by atoms with van der Waals surface area (Å²) in [7, 11) is 0. The Morgan fingerprint density at radius 1 is 1.42 bits per heavy atom. The SMILES string of the molecule is CCCC1CCCCN1c1cccc(F)c1C(C)O. The second kappa shape index (κ2) is 6.38. The van der Waals surface area contributed by atoms with Crippen molar-refractivity contribution in [3.05, 3.63) is 29.6 Å². The molecule has 0 amide bonds. The summed E-state index contributed by atoms with van der Waals surface area (Å²) < 4.78 is 14.0. The van der Waals surface area contributed by atoms with E-state index >= 15 is 0 Å². The molecule has 0 spiro atoms. The van der Waals surface area contributed by atoms with Crippen LogP contribution in [0.5, 0.6) is 0 Å². The lowest BCUT2D eigenvalue weighted by molar-refractivity contribution is 0.194. The number of hydrogen-bond donors (Lipinski definition) is 1. The summed E-state index contributed by atoms with van der Waals surface area (Å²) in [5.74, 6) is -0.298. The first-order valence-electron chi connectivity index (χ1n) is 7.38. The molecule has 1 fully saturated rings. The van der Waals surface area contributed by atoms with Gasteiger partial charge in [-0.1, -0.05) is 19.4 Å². The van der Waals surface area contributed by atoms with Gasteiger partial charge >= 0.3 is 0 Å². The number of aliphatic hydroxyl groups is 1. The third-order valence-corrected chi connectivity index (χ3v) is 4.01. The number of nitrogens with zero attached hydrogens (tertiary/aromatic N) is 1. The highest BCUT2D eigenvalue weighted by Crippen LogP contribution is 2.34. The summed E-state index contributed by atoms with van der Waals surface area (Å²) in [6.45, 7) is 4.79. The van der Waals surface area contributed by atoms with E-state index in [2.05, 4.69) is 11.8 Å². The lowest BCUT2D eigenvalue weighted by Crippen LogP contribution is -2.40. The van der Waals surface area contributed by atoms with Crippen molar-refractivity contribution in [1.29, 1.82) is 0 Å². The van der Waals surface area contributed by atoms with Crippen LogP contribution in [0.25, 0.3) is 0 Å². The predicted octanol–water partition coefficient (Wildman–Crippen LogP) is 4.04. The second-order valence-electron chi connectivity index (χ2n) is 5.48. The zero-order valence-electron chi connectivity index (χ0n) is 11.9. The Morgan fingerprint density at radius 3 is 2.89 bits per heavy atom. The predicted molar refractivity (Wildman–Crippen MR) is 76.9 cm³/mol. The number of anilines is 1. The quantitative estimate of drug-likeness (QED) is 0.888. The van der Waals surface area contributed by atoms with Crippen molar-refractivity contribution in [3.8, 4) is 0 Å². The van der Waals surface area contributed by atoms with Gasteiger partial charge in [0.2, 0.25) is 0 Å². The molecule has 0 aromatic heterocycles. The molecule has 0 bridgehead atoms. The summed E-state index contributed by atoms with van der Waals surface area (Å²) in [5.41, 5.74) is 1.33. The molecule has 1 aromatic rings. The number of rotatable bonds is 4. The number of aliphatic hydroxyl groups excluding tert-OH is 1. The summed E-state index contributed by atoms with van der Waals surface area (Å²) >= 11 is 0. The van der Waals surface area contributed by atoms with E-state index in [-0.39, 0.29) is 5.82 Å². The van der Waals surface area contributed by atoms with Crippen molar-refractivity contribution in [2.24, 2.45) is 0 Å². The smallest absolute Gasteiger partial charge is 0.131 e. The average Bonchev–Trinajstić information content (AvgIpc) is 2.39. The number of benzene rings is 1. The van der Waals surface area contributed by atoms with E-state index in [1.807, 2.05) is 6.07 Å². The number of hydrogen-bond acceptors (Lipinski definition) is 2.